The largest absolute Gasteiger partial charge is 0.391 e. The minimum Gasteiger partial charge on any atom is -0.391 e. The lowest BCUT2D eigenvalue weighted by Crippen LogP contribution is -2.36. The number of para-hydroxylation sites is 1. The van der Waals surface area contributed by atoms with Crippen LogP contribution in [0.2, 0.25) is 0 Å². The number of aliphatic hydroxyl groups excluding tert-OH is 1. The van der Waals surface area contributed by atoms with Gasteiger partial charge in [0, 0.05) is 9.26 Å². The standard InChI is InChI=1S/C12H16INO/c13-9-5-1-2-6-10(9)14-11-7-3-4-8-12(11)15/h1-2,5-6,11-12,14-15H,3-4,7-8H2. The van der Waals surface area contributed by atoms with Crippen LogP contribution < -0.4 is 5.32 Å². The molecule has 2 rings (SSSR count). The molecule has 2 N–H and O–H groups in total. The molecule has 82 valence electrons. The fraction of sp³-hybridized carbons (Fsp3) is 0.500. The third-order valence-corrected chi connectivity index (χ3v) is 3.88. The second kappa shape index (κ2) is 5.16. The molecule has 0 spiro atoms. The van der Waals surface area contributed by atoms with E-state index in [0.29, 0.717) is 0 Å². The van der Waals surface area contributed by atoms with Crippen molar-refractivity contribution >= 4 is 28.3 Å². The van der Waals surface area contributed by atoms with Crippen molar-refractivity contribution in [2.24, 2.45) is 0 Å². The number of hydrogen-bond donors (Lipinski definition) is 2. The minimum atomic E-state index is -0.185. The van der Waals surface area contributed by atoms with Crippen LogP contribution in [-0.2, 0) is 0 Å². The summed E-state index contributed by atoms with van der Waals surface area (Å²) in [5.41, 5.74) is 1.14. The summed E-state index contributed by atoms with van der Waals surface area (Å²) in [6, 6.07) is 8.44. The molecular weight excluding hydrogens is 301 g/mol. The predicted molar refractivity (Wildman–Crippen MR) is 71.0 cm³/mol. The fourth-order valence-corrected chi connectivity index (χ4v) is 2.60. The summed E-state index contributed by atoms with van der Waals surface area (Å²) in [6.45, 7) is 0. The third kappa shape index (κ3) is 2.84. The summed E-state index contributed by atoms with van der Waals surface area (Å²) in [6.07, 6.45) is 4.20. The maximum Gasteiger partial charge on any atom is 0.0741 e. The number of benzene rings is 1. The molecule has 0 radical (unpaired) electrons. The quantitative estimate of drug-likeness (QED) is 0.822. The Bertz CT molecular complexity index is 329. The van der Waals surface area contributed by atoms with Crippen molar-refractivity contribution in [1.29, 1.82) is 0 Å². The van der Waals surface area contributed by atoms with E-state index in [1.54, 1.807) is 0 Å². The van der Waals surface area contributed by atoms with E-state index in [0.717, 1.165) is 24.9 Å². The van der Waals surface area contributed by atoms with Gasteiger partial charge >= 0.3 is 0 Å². The number of rotatable bonds is 2. The van der Waals surface area contributed by atoms with Crippen LogP contribution in [0.3, 0.4) is 0 Å². The van der Waals surface area contributed by atoms with Crippen LogP contribution in [0.1, 0.15) is 25.7 Å². The number of aliphatic hydroxyl groups is 1. The van der Waals surface area contributed by atoms with Crippen LogP contribution >= 0.6 is 22.6 Å². The van der Waals surface area contributed by atoms with Gasteiger partial charge in [0.25, 0.3) is 0 Å². The molecule has 1 fully saturated rings. The Morgan fingerprint density at radius 3 is 2.67 bits per heavy atom. The van der Waals surface area contributed by atoms with Crippen LogP contribution in [0, 0.1) is 3.57 Å². The van der Waals surface area contributed by atoms with Gasteiger partial charge < -0.3 is 10.4 Å². The zero-order valence-electron chi connectivity index (χ0n) is 8.62. The van der Waals surface area contributed by atoms with Crippen molar-refractivity contribution in [3.8, 4) is 0 Å². The Hall–Kier alpha value is -0.290. The van der Waals surface area contributed by atoms with E-state index < -0.39 is 0 Å². The smallest absolute Gasteiger partial charge is 0.0741 e. The van der Waals surface area contributed by atoms with Gasteiger partial charge in [-0.05, 0) is 47.6 Å². The van der Waals surface area contributed by atoms with E-state index in [2.05, 4.69) is 40.0 Å². The lowest BCUT2D eigenvalue weighted by atomic mass is 9.92. The Labute approximate surface area is 104 Å². The summed E-state index contributed by atoms with van der Waals surface area (Å²) in [5, 5.41) is 13.3. The van der Waals surface area contributed by atoms with Gasteiger partial charge in [-0.2, -0.15) is 0 Å². The second-order valence-electron chi connectivity index (χ2n) is 4.08. The van der Waals surface area contributed by atoms with Gasteiger partial charge in [0.15, 0.2) is 0 Å². The molecule has 0 amide bonds. The molecule has 0 heterocycles. The highest BCUT2D eigenvalue weighted by Gasteiger charge is 2.22. The molecule has 1 saturated carbocycles. The number of anilines is 1. The SMILES string of the molecule is OC1CCCCC1Nc1ccccc1I. The summed E-state index contributed by atoms with van der Waals surface area (Å²) < 4.78 is 1.22. The summed E-state index contributed by atoms with van der Waals surface area (Å²) in [4.78, 5) is 0. The van der Waals surface area contributed by atoms with E-state index in [9.17, 15) is 5.11 Å². The van der Waals surface area contributed by atoms with E-state index in [-0.39, 0.29) is 12.1 Å². The molecule has 0 saturated heterocycles. The lowest BCUT2D eigenvalue weighted by molar-refractivity contribution is 0.116. The number of hydrogen-bond acceptors (Lipinski definition) is 2. The van der Waals surface area contributed by atoms with Crippen LogP contribution in [0.15, 0.2) is 24.3 Å². The average molecular weight is 317 g/mol. The average Bonchev–Trinajstić information content (AvgIpc) is 2.24. The summed E-state index contributed by atoms with van der Waals surface area (Å²) in [5.74, 6) is 0. The lowest BCUT2D eigenvalue weighted by Gasteiger charge is -2.29. The Morgan fingerprint density at radius 1 is 1.20 bits per heavy atom. The van der Waals surface area contributed by atoms with E-state index >= 15 is 0 Å². The van der Waals surface area contributed by atoms with Crippen molar-refractivity contribution in [2.75, 3.05) is 5.32 Å². The van der Waals surface area contributed by atoms with Gasteiger partial charge in [-0.25, -0.2) is 0 Å². The highest BCUT2D eigenvalue weighted by atomic mass is 127. The zero-order chi connectivity index (χ0) is 10.7. The predicted octanol–water partition coefficient (Wildman–Crippen LogP) is 3.01. The molecule has 1 aliphatic rings. The van der Waals surface area contributed by atoms with Crippen LogP contribution in [-0.4, -0.2) is 17.3 Å². The first-order valence-corrected chi connectivity index (χ1v) is 6.54. The normalized spacial score (nSPS) is 26.3. The van der Waals surface area contributed by atoms with Gasteiger partial charge in [-0.1, -0.05) is 25.0 Å². The first kappa shape index (κ1) is 11.2. The van der Waals surface area contributed by atoms with Gasteiger partial charge in [0.2, 0.25) is 0 Å². The minimum absolute atomic E-state index is 0.185. The van der Waals surface area contributed by atoms with Crippen LogP contribution in [0.25, 0.3) is 0 Å². The topological polar surface area (TPSA) is 32.3 Å². The Kier molecular flexibility index (Phi) is 3.86. The van der Waals surface area contributed by atoms with Crippen molar-refractivity contribution in [2.45, 2.75) is 37.8 Å². The molecule has 0 aliphatic heterocycles. The number of nitrogens with one attached hydrogen (secondary N) is 1. The van der Waals surface area contributed by atoms with Gasteiger partial charge in [-0.3, -0.25) is 0 Å². The highest BCUT2D eigenvalue weighted by molar-refractivity contribution is 14.1. The fourth-order valence-electron chi connectivity index (χ4n) is 2.06. The maximum atomic E-state index is 9.86. The molecule has 0 aromatic heterocycles. The molecular formula is C12H16INO. The van der Waals surface area contributed by atoms with Crippen molar-refractivity contribution < 1.29 is 5.11 Å². The molecule has 2 nitrogen and oxygen atoms in total. The Balaban J connectivity index is 2.04. The van der Waals surface area contributed by atoms with E-state index in [4.69, 9.17) is 0 Å². The number of halogens is 1. The second-order valence-corrected chi connectivity index (χ2v) is 5.24. The maximum absolute atomic E-state index is 9.86. The van der Waals surface area contributed by atoms with Gasteiger partial charge in [-0.15, -0.1) is 0 Å². The zero-order valence-corrected chi connectivity index (χ0v) is 10.8. The highest BCUT2D eigenvalue weighted by Crippen LogP contribution is 2.24. The van der Waals surface area contributed by atoms with Crippen molar-refractivity contribution in [3.63, 3.8) is 0 Å². The van der Waals surface area contributed by atoms with Crippen LogP contribution in [0.4, 0.5) is 5.69 Å². The molecule has 0 bridgehead atoms. The molecule has 2 unspecified atom stereocenters. The monoisotopic (exact) mass is 317 g/mol. The van der Waals surface area contributed by atoms with Crippen molar-refractivity contribution in [1.82, 2.24) is 0 Å². The molecule has 15 heavy (non-hydrogen) atoms. The molecule has 2 atom stereocenters. The van der Waals surface area contributed by atoms with Crippen molar-refractivity contribution in [3.05, 3.63) is 27.8 Å². The first-order valence-electron chi connectivity index (χ1n) is 5.46. The molecule has 1 aromatic rings. The van der Waals surface area contributed by atoms with Gasteiger partial charge in [0.1, 0.15) is 0 Å². The molecule has 3 heteroatoms. The first-order chi connectivity index (χ1) is 7.27. The van der Waals surface area contributed by atoms with E-state index in [1.807, 2.05) is 12.1 Å². The third-order valence-electron chi connectivity index (χ3n) is 2.94. The summed E-state index contributed by atoms with van der Waals surface area (Å²) in [7, 11) is 0. The molecule has 1 aliphatic carbocycles. The van der Waals surface area contributed by atoms with Gasteiger partial charge in [0.05, 0.1) is 12.1 Å². The van der Waals surface area contributed by atoms with Crippen LogP contribution in [0.5, 0.6) is 0 Å². The summed E-state index contributed by atoms with van der Waals surface area (Å²) >= 11 is 2.32. The molecule has 1 aromatic carbocycles. The van der Waals surface area contributed by atoms with E-state index in [1.165, 1.54) is 9.99 Å². The Morgan fingerprint density at radius 2 is 1.93 bits per heavy atom.